The molecule has 0 bridgehead atoms. The number of aliphatic hydroxyl groups is 1. The fourth-order valence-corrected chi connectivity index (χ4v) is 5.31. The van der Waals surface area contributed by atoms with Gasteiger partial charge in [0.1, 0.15) is 0 Å². The van der Waals surface area contributed by atoms with Crippen LogP contribution < -0.4 is 5.32 Å². The van der Waals surface area contributed by atoms with Crippen molar-refractivity contribution in [3.8, 4) is 0 Å². The van der Waals surface area contributed by atoms with Crippen molar-refractivity contribution in [2.75, 3.05) is 13.1 Å². The van der Waals surface area contributed by atoms with Gasteiger partial charge in [0.05, 0.1) is 22.5 Å². The van der Waals surface area contributed by atoms with Gasteiger partial charge in [-0.3, -0.25) is 4.79 Å². The molecule has 29 heavy (non-hydrogen) atoms. The maximum Gasteiger partial charge on any atom is 0.243 e. The van der Waals surface area contributed by atoms with Crippen LogP contribution in [0.3, 0.4) is 0 Å². The molecule has 1 fully saturated rings. The average Bonchev–Trinajstić information content (AvgIpc) is 2.72. The highest BCUT2D eigenvalue weighted by molar-refractivity contribution is 7.89. The molecule has 0 saturated carbocycles. The summed E-state index contributed by atoms with van der Waals surface area (Å²) in [4.78, 5) is 12.9. The molecule has 1 heterocycles. The first-order chi connectivity index (χ1) is 13.7. The predicted molar refractivity (Wildman–Crippen MR) is 112 cm³/mol. The van der Waals surface area contributed by atoms with Crippen LogP contribution in [0.25, 0.3) is 0 Å². The summed E-state index contributed by atoms with van der Waals surface area (Å²) >= 11 is 0. The molecule has 1 amide bonds. The van der Waals surface area contributed by atoms with Gasteiger partial charge in [-0.05, 0) is 44.4 Å². The molecule has 0 unspecified atom stereocenters. The van der Waals surface area contributed by atoms with Crippen molar-refractivity contribution in [3.05, 3.63) is 66.2 Å². The summed E-state index contributed by atoms with van der Waals surface area (Å²) < 4.78 is 28.3. The molecule has 2 atom stereocenters. The second kappa shape index (κ2) is 8.65. The lowest BCUT2D eigenvalue weighted by Gasteiger charge is -2.38. The second-order valence-corrected chi connectivity index (χ2v) is 10.0. The molecule has 2 aromatic carbocycles. The number of nitrogens with zero attached hydrogens (tertiary/aromatic N) is 1. The molecule has 0 aliphatic carbocycles. The van der Waals surface area contributed by atoms with Crippen molar-refractivity contribution < 1.29 is 18.3 Å². The van der Waals surface area contributed by atoms with Crippen LogP contribution in [0.4, 0.5) is 0 Å². The van der Waals surface area contributed by atoms with E-state index in [0.29, 0.717) is 12.8 Å². The van der Waals surface area contributed by atoms with E-state index in [2.05, 4.69) is 5.32 Å². The van der Waals surface area contributed by atoms with Gasteiger partial charge in [-0.2, -0.15) is 4.31 Å². The monoisotopic (exact) mass is 416 g/mol. The SMILES string of the molecule is CC(C)(O)CNC(=O)[C@@H]1CC[C@H](c2ccccc2)N(S(=O)(=O)c2ccccc2)C1. The molecule has 6 nitrogen and oxygen atoms in total. The average molecular weight is 417 g/mol. The second-order valence-electron chi connectivity index (χ2n) is 8.12. The standard InChI is InChI=1S/C22H28N2O4S/c1-22(2,26)16-23-21(25)18-13-14-20(17-9-5-3-6-10-17)24(15-18)29(27,28)19-11-7-4-8-12-19/h3-12,18,20,26H,13-16H2,1-2H3,(H,23,25)/t18-,20-/m1/s1. The minimum atomic E-state index is -3.77. The Morgan fingerprint density at radius 3 is 2.24 bits per heavy atom. The molecule has 156 valence electrons. The molecular weight excluding hydrogens is 388 g/mol. The Labute approximate surface area is 172 Å². The smallest absolute Gasteiger partial charge is 0.243 e. The number of piperidine rings is 1. The highest BCUT2D eigenvalue weighted by Crippen LogP contribution is 2.37. The highest BCUT2D eigenvalue weighted by atomic mass is 32.2. The number of carbonyl (C=O) groups excluding carboxylic acids is 1. The Morgan fingerprint density at radius 1 is 1.07 bits per heavy atom. The van der Waals surface area contributed by atoms with Crippen molar-refractivity contribution in [1.82, 2.24) is 9.62 Å². The van der Waals surface area contributed by atoms with Gasteiger partial charge in [0.25, 0.3) is 0 Å². The van der Waals surface area contributed by atoms with Crippen LogP contribution in [0, 0.1) is 5.92 Å². The topological polar surface area (TPSA) is 86.7 Å². The predicted octanol–water partition coefficient (Wildman–Crippen LogP) is 2.72. The van der Waals surface area contributed by atoms with E-state index < -0.39 is 21.5 Å². The third-order valence-corrected chi connectivity index (χ3v) is 7.03. The van der Waals surface area contributed by atoms with Crippen LogP contribution in [-0.2, 0) is 14.8 Å². The lowest BCUT2D eigenvalue weighted by Crippen LogP contribution is -2.48. The van der Waals surface area contributed by atoms with Gasteiger partial charge in [-0.1, -0.05) is 48.5 Å². The van der Waals surface area contributed by atoms with Crippen LogP contribution in [-0.4, -0.2) is 42.4 Å². The van der Waals surface area contributed by atoms with Gasteiger partial charge in [-0.15, -0.1) is 0 Å². The summed E-state index contributed by atoms with van der Waals surface area (Å²) in [6, 6.07) is 17.5. The van der Waals surface area contributed by atoms with Gasteiger partial charge in [0.15, 0.2) is 0 Å². The number of nitrogens with one attached hydrogen (secondary N) is 1. The first-order valence-electron chi connectivity index (χ1n) is 9.80. The summed E-state index contributed by atoms with van der Waals surface area (Å²) in [6.45, 7) is 3.46. The maximum atomic E-state index is 13.4. The van der Waals surface area contributed by atoms with E-state index in [9.17, 15) is 18.3 Å². The van der Waals surface area contributed by atoms with E-state index in [1.165, 1.54) is 4.31 Å². The summed E-state index contributed by atoms with van der Waals surface area (Å²) in [5, 5.41) is 12.6. The lowest BCUT2D eigenvalue weighted by atomic mass is 9.90. The van der Waals surface area contributed by atoms with Crippen LogP contribution >= 0.6 is 0 Å². The largest absolute Gasteiger partial charge is 0.389 e. The third kappa shape index (κ3) is 5.23. The van der Waals surface area contributed by atoms with Gasteiger partial charge < -0.3 is 10.4 Å². The normalized spacial score (nSPS) is 20.9. The van der Waals surface area contributed by atoms with E-state index in [-0.39, 0.29) is 29.9 Å². The zero-order valence-electron chi connectivity index (χ0n) is 16.8. The molecule has 1 aliphatic rings. The highest BCUT2D eigenvalue weighted by Gasteiger charge is 2.40. The number of hydrogen-bond acceptors (Lipinski definition) is 4. The van der Waals surface area contributed by atoms with E-state index in [1.807, 2.05) is 30.3 Å². The van der Waals surface area contributed by atoms with Crippen molar-refractivity contribution in [1.29, 1.82) is 0 Å². The Kier molecular flexibility index (Phi) is 6.41. The minimum absolute atomic E-state index is 0.106. The van der Waals surface area contributed by atoms with E-state index in [0.717, 1.165) is 5.56 Å². The molecule has 2 N–H and O–H groups in total. The first-order valence-corrected chi connectivity index (χ1v) is 11.2. The number of sulfonamides is 1. The van der Waals surface area contributed by atoms with Crippen molar-refractivity contribution >= 4 is 15.9 Å². The molecule has 0 spiro atoms. The maximum absolute atomic E-state index is 13.4. The van der Waals surface area contributed by atoms with Crippen molar-refractivity contribution in [2.24, 2.45) is 5.92 Å². The molecule has 1 saturated heterocycles. The summed E-state index contributed by atoms with van der Waals surface area (Å²) in [5.41, 5.74) is -0.102. The fourth-order valence-electron chi connectivity index (χ4n) is 3.60. The molecular formula is C22H28N2O4S. The minimum Gasteiger partial charge on any atom is -0.389 e. The van der Waals surface area contributed by atoms with Crippen LogP contribution in [0.1, 0.15) is 38.3 Å². The molecule has 0 aromatic heterocycles. The van der Waals surface area contributed by atoms with Gasteiger partial charge >= 0.3 is 0 Å². The Balaban J connectivity index is 1.89. The number of benzene rings is 2. The first kappa shape index (κ1) is 21.5. The van der Waals surface area contributed by atoms with Crippen LogP contribution in [0.2, 0.25) is 0 Å². The third-order valence-electron chi connectivity index (χ3n) is 5.14. The number of carbonyl (C=O) groups is 1. The number of amides is 1. The van der Waals surface area contributed by atoms with Gasteiger partial charge in [-0.25, -0.2) is 8.42 Å². The van der Waals surface area contributed by atoms with Gasteiger partial charge in [0, 0.05) is 13.1 Å². The zero-order chi connectivity index (χ0) is 21.1. The van der Waals surface area contributed by atoms with E-state index >= 15 is 0 Å². The van der Waals surface area contributed by atoms with E-state index in [1.54, 1.807) is 44.2 Å². The molecule has 0 radical (unpaired) electrons. The van der Waals surface area contributed by atoms with Gasteiger partial charge in [0.2, 0.25) is 15.9 Å². The van der Waals surface area contributed by atoms with Crippen LogP contribution in [0.5, 0.6) is 0 Å². The number of rotatable bonds is 6. The lowest BCUT2D eigenvalue weighted by molar-refractivity contribution is -0.127. The van der Waals surface area contributed by atoms with Crippen molar-refractivity contribution in [3.63, 3.8) is 0 Å². The molecule has 2 aromatic rings. The Bertz CT molecular complexity index is 924. The summed E-state index contributed by atoms with van der Waals surface area (Å²) in [5.74, 6) is -0.692. The quantitative estimate of drug-likeness (QED) is 0.758. The Morgan fingerprint density at radius 2 is 1.66 bits per heavy atom. The summed E-state index contributed by atoms with van der Waals surface area (Å²) in [7, 11) is -3.77. The zero-order valence-corrected chi connectivity index (χ0v) is 17.6. The fraction of sp³-hybridized carbons (Fsp3) is 0.409. The summed E-state index contributed by atoms with van der Waals surface area (Å²) in [6.07, 6.45) is 1.13. The molecule has 3 rings (SSSR count). The molecule has 7 heteroatoms. The number of hydrogen-bond donors (Lipinski definition) is 2. The van der Waals surface area contributed by atoms with E-state index in [4.69, 9.17) is 0 Å². The van der Waals surface area contributed by atoms with Crippen molar-refractivity contribution in [2.45, 2.75) is 43.2 Å². The molecule has 1 aliphatic heterocycles. The Hall–Kier alpha value is -2.22. The van der Waals surface area contributed by atoms with Crippen LogP contribution in [0.15, 0.2) is 65.6 Å².